The SMILES string of the molecule is C[C@]1([N+](=O)[O-])[C@H](O)[C@@H](CO)OC(O)[C@@H]1O. The lowest BCUT2D eigenvalue weighted by atomic mass is 9.83. The molecule has 5 atom stereocenters. The maximum absolute atomic E-state index is 10.7. The second-order valence-electron chi connectivity index (χ2n) is 3.62. The molecular formula is C7H13NO7. The maximum atomic E-state index is 10.7. The summed E-state index contributed by atoms with van der Waals surface area (Å²) in [5.41, 5.74) is -2.16. The highest BCUT2D eigenvalue weighted by Gasteiger charge is 2.61. The normalized spacial score (nSPS) is 46.5. The van der Waals surface area contributed by atoms with Gasteiger partial charge in [-0.2, -0.15) is 0 Å². The Bertz CT molecular complexity index is 260. The quantitative estimate of drug-likeness (QED) is 0.299. The molecule has 4 N–H and O–H groups in total. The first-order valence-corrected chi connectivity index (χ1v) is 4.30. The van der Waals surface area contributed by atoms with E-state index in [4.69, 9.17) is 5.11 Å². The lowest BCUT2D eigenvalue weighted by Crippen LogP contribution is -2.68. The van der Waals surface area contributed by atoms with Crippen LogP contribution in [0.3, 0.4) is 0 Å². The van der Waals surface area contributed by atoms with E-state index < -0.39 is 41.7 Å². The van der Waals surface area contributed by atoms with E-state index in [9.17, 15) is 25.4 Å². The Morgan fingerprint density at radius 3 is 2.33 bits per heavy atom. The number of rotatable bonds is 2. The molecule has 8 heteroatoms. The van der Waals surface area contributed by atoms with Crippen molar-refractivity contribution in [2.24, 2.45) is 0 Å². The number of aliphatic hydroxyl groups is 4. The van der Waals surface area contributed by atoms with Gasteiger partial charge in [0, 0.05) is 11.8 Å². The molecule has 0 bridgehead atoms. The lowest BCUT2D eigenvalue weighted by molar-refractivity contribution is -0.608. The molecule has 0 spiro atoms. The molecule has 1 heterocycles. The number of hydrogen-bond donors (Lipinski definition) is 4. The van der Waals surface area contributed by atoms with E-state index >= 15 is 0 Å². The number of nitrogens with zero attached hydrogens (tertiary/aromatic N) is 1. The van der Waals surface area contributed by atoms with E-state index in [0.717, 1.165) is 6.92 Å². The zero-order valence-electron chi connectivity index (χ0n) is 7.98. The minimum absolute atomic E-state index is 0.686. The Labute approximate surface area is 84.9 Å². The molecule has 0 aromatic heterocycles. The Balaban J connectivity index is 3.04. The van der Waals surface area contributed by atoms with Crippen molar-refractivity contribution in [3.63, 3.8) is 0 Å². The van der Waals surface area contributed by atoms with Crippen LogP contribution in [0.1, 0.15) is 6.92 Å². The Kier molecular flexibility index (Phi) is 3.26. The zero-order chi connectivity index (χ0) is 11.8. The summed E-state index contributed by atoms with van der Waals surface area (Å²) in [6.07, 6.45) is -6.65. The molecule has 1 aliphatic heterocycles. The molecule has 8 nitrogen and oxygen atoms in total. The molecule has 1 unspecified atom stereocenters. The van der Waals surface area contributed by atoms with Crippen LogP contribution in [0.15, 0.2) is 0 Å². The van der Waals surface area contributed by atoms with Crippen LogP contribution < -0.4 is 0 Å². The fourth-order valence-corrected chi connectivity index (χ4v) is 1.53. The van der Waals surface area contributed by atoms with E-state index in [1.54, 1.807) is 0 Å². The van der Waals surface area contributed by atoms with Crippen LogP contribution in [0.25, 0.3) is 0 Å². The molecule has 1 rings (SSSR count). The summed E-state index contributed by atoms with van der Waals surface area (Å²) in [5.74, 6) is 0. The van der Waals surface area contributed by atoms with Crippen molar-refractivity contribution in [3.8, 4) is 0 Å². The van der Waals surface area contributed by atoms with Crippen molar-refractivity contribution in [2.45, 2.75) is 37.1 Å². The predicted octanol–water partition coefficient (Wildman–Crippen LogP) is -2.55. The van der Waals surface area contributed by atoms with Crippen molar-refractivity contribution in [1.29, 1.82) is 0 Å². The molecule has 0 radical (unpaired) electrons. The van der Waals surface area contributed by atoms with Gasteiger partial charge in [-0.25, -0.2) is 0 Å². The first-order valence-electron chi connectivity index (χ1n) is 4.30. The smallest absolute Gasteiger partial charge is 0.277 e. The minimum Gasteiger partial charge on any atom is -0.394 e. The molecule has 15 heavy (non-hydrogen) atoms. The highest BCUT2D eigenvalue weighted by molar-refractivity contribution is 4.99. The number of ether oxygens (including phenoxy) is 1. The molecule has 88 valence electrons. The molecule has 1 saturated heterocycles. The van der Waals surface area contributed by atoms with E-state index in [-0.39, 0.29) is 0 Å². The summed E-state index contributed by atoms with van der Waals surface area (Å²) in [7, 11) is 0. The fraction of sp³-hybridized carbons (Fsp3) is 1.00. The van der Waals surface area contributed by atoms with Gasteiger partial charge in [-0.3, -0.25) is 10.1 Å². The van der Waals surface area contributed by atoms with Gasteiger partial charge in [0.2, 0.25) is 0 Å². The van der Waals surface area contributed by atoms with Gasteiger partial charge in [-0.05, 0) is 0 Å². The van der Waals surface area contributed by atoms with Gasteiger partial charge in [0.05, 0.1) is 6.61 Å². The molecule has 0 saturated carbocycles. The molecule has 0 aromatic rings. The average molecular weight is 223 g/mol. The molecule has 0 amide bonds. The second kappa shape index (κ2) is 3.99. The summed E-state index contributed by atoms with van der Waals surface area (Å²) in [6.45, 7) is 0.297. The maximum Gasteiger partial charge on any atom is 0.277 e. The Morgan fingerprint density at radius 2 is 1.93 bits per heavy atom. The predicted molar refractivity (Wildman–Crippen MR) is 45.4 cm³/mol. The van der Waals surface area contributed by atoms with Gasteiger partial charge >= 0.3 is 0 Å². The summed E-state index contributed by atoms with van der Waals surface area (Å²) in [6, 6.07) is 0. The minimum atomic E-state index is -2.16. The average Bonchev–Trinajstić information content (AvgIpc) is 2.20. The number of aliphatic hydroxyl groups excluding tert-OH is 4. The highest BCUT2D eigenvalue weighted by Crippen LogP contribution is 2.31. The third-order valence-electron chi connectivity index (χ3n) is 2.71. The van der Waals surface area contributed by atoms with Gasteiger partial charge in [-0.1, -0.05) is 0 Å². The van der Waals surface area contributed by atoms with Gasteiger partial charge in [0.1, 0.15) is 6.10 Å². The van der Waals surface area contributed by atoms with Crippen molar-refractivity contribution in [1.82, 2.24) is 0 Å². The van der Waals surface area contributed by atoms with Crippen LogP contribution in [-0.4, -0.2) is 62.1 Å². The van der Waals surface area contributed by atoms with Crippen molar-refractivity contribution in [2.75, 3.05) is 6.61 Å². The van der Waals surface area contributed by atoms with Gasteiger partial charge in [0.25, 0.3) is 5.54 Å². The van der Waals surface area contributed by atoms with Crippen LogP contribution in [0, 0.1) is 10.1 Å². The van der Waals surface area contributed by atoms with Crippen LogP contribution in [0.4, 0.5) is 0 Å². The number of hydrogen-bond acceptors (Lipinski definition) is 7. The second-order valence-corrected chi connectivity index (χ2v) is 3.62. The number of nitro groups is 1. The first kappa shape index (κ1) is 12.3. The summed E-state index contributed by atoms with van der Waals surface area (Å²) < 4.78 is 4.61. The molecule has 1 aliphatic rings. The standard InChI is InChI=1S/C7H13NO7/c1-7(8(13)14)4(10)3(2-9)15-6(12)5(7)11/h3-6,9-12H,2H2,1H3/t3-,4-,5+,6?,7+/m1/s1. The largest absolute Gasteiger partial charge is 0.394 e. The van der Waals surface area contributed by atoms with Gasteiger partial charge < -0.3 is 25.2 Å². The Morgan fingerprint density at radius 1 is 1.40 bits per heavy atom. The highest BCUT2D eigenvalue weighted by atomic mass is 16.7. The molecule has 1 fully saturated rings. The monoisotopic (exact) mass is 223 g/mol. The molecular weight excluding hydrogens is 210 g/mol. The van der Waals surface area contributed by atoms with Gasteiger partial charge in [-0.15, -0.1) is 0 Å². The van der Waals surface area contributed by atoms with E-state index in [2.05, 4.69) is 4.74 Å². The van der Waals surface area contributed by atoms with Gasteiger partial charge in [0.15, 0.2) is 18.5 Å². The van der Waals surface area contributed by atoms with Crippen molar-refractivity contribution < 1.29 is 30.1 Å². The summed E-state index contributed by atoms with van der Waals surface area (Å²) in [4.78, 5) is 9.85. The van der Waals surface area contributed by atoms with Crippen LogP contribution in [0.5, 0.6) is 0 Å². The lowest BCUT2D eigenvalue weighted by Gasteiger charge is -2.41. The third-order valence-corrected chi connectivity index (χ3v) is 2.71. The summed E-state index contributed by atoms with van der Waals surface area (Å²) >= 11 is 0. The first-order chi connectivity index (χ1) is 6.85. The summed E-state index contributed by atoms with van der Waals surface area (Å²) in [5, 5.41) is 47.6. The van der Waals surface area contributed by atoms with E-state index in [0.29, 0.717) is 0 Å². The third kappa shape index (κ3) is 1.70. The van der Waals surface area contributed by atoms with E-state index in [1.807, 2.05) is 0 Å². The topological polar surface area (TPSA) is 133 Å². The van der Waals surface area contributed by atoms with Crippen molar-refractivity contribution >= 4 is 0 Å². The molecule has 0 aliphatic carbocycles. The van der Waals surface area contributed by atoms with Crippen molar-refractivity contribution in [3.05, 3.63) is 10.1 Å². The van der Waals surface area contributed by atoms with Crippen LogP contribution >= 0.6 is 0 Å². The molecule has 0 aromatic carbocycles. The van der Waals surface area contributed by atoms with E-state index in [1.165, 1.54) is 0 Å². The Hall–Kier alpha value is -0.800. The van der Waals surface area contributed by atoms with Crippen LogP contribution in [0.2, 0.25) is 0 Å². The zero-order valence-corrected chi connectivity index (χ0v) is 7.98. The fourth-order valence-electron chi connectivity index (χ4n) is 1.53. The van der Waals surface area contributed by atoms with Crippen LogP contribution in [-0.2, 0) is 4.74 Å².